The molecule has 4 aromatic rings. The highest BCUT2D eigenvalue weighted by atomic mass is 16.5. The molecule has 0 radical (unpaired) electrons. The zero-order valence-corrected chi connectivity index (χ0v) is 16.9. The summed E-state index contributed by atoms with van der Waals surface area (Å²) in [5.41, 5.74) is 3.42. The molecule has 0 saturated heterocycles. The molecule has 5 rings (SSSR count). The monoisotopic (exact) mass is 401 g/mol. The fourth-order valence-corrected chi connectivity index (χ4v) is 4.22. The second-order valence-corrected chi connectivity index (χ2v) is 7.57. The third kappa shape index (κ3) is 3.16. The van der Waals surface area contributed by atoms with Crippen molar-refractivity contribution < 1.29 is 4.74 Å². The van der Waals surface area contributed by atoms with E-state index in [-0.39, 0.29) is 5.56 Å². The Kier molecular flexibility index (Phi) is 4.78. The van der Waals surface area contributed by atoms with E-state index in [1.54, 1.807) is 16.2 Å². The fourth-order valence-electron chi connectivity index (χ4n) is 4.22. The van der Waals surface area contributed by atoms with Crippen LogP contribution in [0.25, 0.3) is 27.9 Å². The Labute approximate surface area is 173 Å². The molecule has 0 bridgehead atoms. The molecule has 7 heteroatoms. The number of nitrogens with zero attached hydrogens (tertiary/aromatic N) is 5. The molecule has 3 heterocycles. The second kappa shape index (κ2) is 7.74. The van der Waals surface area contributed by atoms with Crippen LogP contribution in [-0.4, -0.2) is 31.3 Å². The second-order valence-electron chi connectivity index (χ2n) is 7.57. The Hall–Kier alpha value is -3.48. The van der Waals surface area contributed by atoms with Crippen molar-refractivity contribution in [1.29, 1.82) is 0 Å². The summed E-state index contributed by atoms with van der Waals surface area (Å²) in [4.78, 5) is 22.4. The van der Waals surface area contributed by atoms with E-state index in [1.165, 1.54) is 24.7 Å². The summed E-state index contributed by atoms with van der Waals surface area (Å²) in [6, 6.07) is 9.52. The molecule has 1 aliphatic carbocycles. The van der Waals surface area contributed by atoms with Gasteiger partial charge in [-0.05, 0) is 50.3 Å². The maximum atomic E-state index is 13.6. The molecular weight excluding hydrogens is 378 g/mol. The van der Waals surface area contributed by atoms with Gasteiger partial charge in [0, 0.05) is 18.3 Å². The number of hydrogen-bond donors (Lipinski definition) is 0. The average Bonchev–Trinajstić information content (AvgIpc) is 3.26. The predicted molar refractivity (Wildman–Crippen MR) is 116 cm³/mol. The highest BCUT2D eigenvalue weighted by Gasteiger charge is 2.19. The number of methoxy groups -OCH3 is 1. The Morgan fingerprint density at radius 2 is 2.07 bits per heavy atom. The molecular formula is C23H23N5O2. The van der Waals surface area contributed by atoms with E-state index in [0.717, 1.165) is 24.8 Å². The van der Waals surface area contributed by atoms with Gasteiger partial charge in [0.15, 0.2) is 0 Å². The van der Waals surface area contributed by atoms with Gasteiger partial charge >= 0.3 is 0 Å². The van der Waals surface area contributed by atoms with Gasteiger partial charge in [-0.3, -0.25) is 4.79 Å². The molecule has 0 atom stereocenters. The zero-order valence-electron chi connectivity index (χ0n) is 16.9. The number of benzene rings is 1. The summed E-state index contributed by atoms with van der Waals surface area (Å²) in [5.74, 6) is 1.12. The first-order chi connectivity index (χ1) is 14.8. The molecule has 1 aliphatic rings. The van der Waals surface area contributed by atoms with E-state index in [4.69, 9.17) is 4.74 Å². The maximum Gasteiger partial charge on any atom is 0.262 e. The largest absolute Gasteiger partial charge is 0.496 e. The van der Waals surface area contributed by atoms with Crippen molar-refractivity contribution in [2.45, 2.75) is 38.6 Å². The normalized spacial score (nSPS) is 14.2. The Morgan fingerprint density at radius 3 is 2.90 bits per heavy atom. The molecule has 0 fully saturated rings. The number of rotatable bonds is 5. The number of aromatic nitrogens is 5. The van der Waals surface area contributed by atoms with Crippen molar-refractivity contribution in [3.8, 4) is 17.0 Å². The molecule has 0 unspecified atom stereocenters. The molecule has 1 aromatic carbocycles. The average molecular weight is 401 g/mol. The van der Waals surface area contributed by atoms with E-state index >= 15 is 0 Å². The third-order valence-electron chi connectivity index (χ3n) is 5.76. The molecule has 3 aromatic heterocycles. The first kappa shape index (κ1) is 18.5. The number of ether oxygens (including phenoxy) is 1. The SMILES string of the molecule is COc1ccccc1-c1c2c(=O)n(CCC3=CCCCC3)ccc2nc2ncnn12. The van der Waals surface area contributed by atoms with Gasteiger partial charge in [0.2, 0.25) is 0 Å². The zero-order chi connectivity index (χ0) is 20.5. The van der Waals surface area contributed by atoms with Crippen LogP contribution in [0.1, 0.15) is 32.1 Å². The van der Waals surface area contributed by atoms with Gasteiger partial charge in [-0.25, -0.2) is 4.98 Å². The number of fused-ring (bicyclic) bond motifs is 2. The molecule has 0 amide bonds. The minimum atomic E-state index is -0.0743. The van der Waals surface area contributed by atoms with Crippen LogP contribution < -0.4 is 10.3 Å². The van der Waals surface area contributed by atoms with Crippen LogP contribution in [0.15, 0.2) is 59.3 Å². The van der Waals surface area contributed by atoms with Crippen LogP contribution in [0, 0.1) is 0 Å². The van der Waals surface area contributed by atoms with Gasteiger partial charge < -0.3 is 9.30 Å². The van der Waals surface area contributed by atoms with Crippen LogP contribution in [0.3, 0.4) is 0 Å². The van der Waals surface area contributed by atoms with E-state index in [1.807, 2.05) is 36.5 Å². The van der Waals surface area contributed by atoms with Gasteiger partial charge in [0.05, 0.1) is 23.7 Å². The molecule has 7 nitrogen and oxygen atoms in total. The van der Waals surface area contributed by atoms with E-state index in [0.29, 0.717) is 34.7 Å². The maximum absolute atomic E-state index is 13.6. The van der Waals surface area contributed by atoms with E-state index in [9.17, 15) is 4.79 Å². The van der Waals surface area contributed by atoms with Crippen LogP contribution in [-0.2, 0) is 6.54 Å². The lowest BCUT2D eigenvalue weighted by Crippen LogP contribution is -2.22. The van der Waals surface area contributed by atoms with Crippen LogP contribution >= 0.6 is 0 Å². The molecule has 0 saturated carbocycles. The number of hydrogen-bond acceptors (Lipinski definition) is 5. The van der Waals surface area contributed by atoms with Gasteiger partial charge in [-0.15, -0.1) is 0 Å². The molecule has 30 heavy (non-hydrogen) atoms. The smallest absolute Gasteiger partial charge is 0.262 e. The van der Waals surface area contributed by atoms with Crippen LogP contribution in [0.4, 0.5) is 0 Å². The predicted octanol–water partition coefficient (Wildman–Crippen LogP) is 4.01. The van der Waals surface area contributed by atoms with Gasteiger partial charge in [-0.2, -0.15) is 14.6 Å². The van der Waals surface area contributed by atoms with Crippen molar-refractivity contribution in [3.05, 3.63) is 64.9 Å². The van der Waals surface area contributed by atoms with Crippen molar-refractivity contribution in [1.82, 2.24) is 24.1 Å². The quantitative estimate of drug-likeness (QED) is 0.473. The summed E-state index contributed by atoms with van der Waals surface area (Å²) < 4.78 is 8.97. The fraction of sp³-hybridized carbons (Fsp3) is 0.304. The molecule has 0 spiro atoms. The number of aryl methyl sites for hydroxylation is 1. The van der Waals surface area contributed by atoms with Crippen LogP contribution in [0.5, 0.6) is 5.75 Å². The van der Waals surface area contributed by atoms with Crippen molar-refractivity contribution in [3.63, 3.8) is 0 Å². The lowest BCUT2D eigenvalue weighted by atomic mass is 9.97. The highest BCUT2D eigenvalue weighted by Crippen LogP contribution is 2.33. The standard InChI is InChI=1S/C23H23N5O2/c1-30-19-10-6-5-9-17(19)21-20-18(26-23-24-15-25-28(21)23)12-14-27(22(20)29)13-11-16-7-3-2-4-8-16/h5-7,9-10,12,14-15H,2-4,8,11,13H2,1H3. The van der Waals surface area contributed by atoms with Crippen molar-refractivity contribution in [2.24, 2.45) is 0 Å². The minimum Gasteiger partial charge on any atom is -0.496 e. The molecule has 0 N–H and O–H groups in total. The summed E-state index contributed by atoms with van der Waals surface area (Å²) in [5, 5.41) is 4.87. The first-order valence-electron chi connectivity index (χ1n) is 10.3. The van der Waals surface area contributed by atoms with Crippen molar-refractivity contribution >= 4 is 16.7 Å². The summed E-state index contributed by atoms with van der Waals surface area (Å²) in [7, 11) is 1.62. The third-order valence-corrected chi connectivity index (χ3v) is 5.76. The first-order valence-corrected chi connectivity index (χ1v) is 10.3. The van der Waals surface area contributed by atoms with Gasteiger partial charge in [0.25, 0.3) is 11.3 Å². The molecule has 152 valence electrons. The minimum absolute atomic E-state index is 0.0743. The Balaban J connectivity index is 1.71. The Morgan fingerprint density at radius 1 is 1.17 bits per heavy atom. The lowest BCUT2D eigenvalue weighted by Gasteiger charge is -2.15. The topological polar surface area (TPSA) is 74.3 Å². The van der Waals surface area contributed by atoms with Gasteiger partial charge in [0.1, 0.15) is 12.1 Å². The summed E-state index contributed by atoms with van der Waals surface area (Å²) in [6.07, 6.45) is 11.3. The van der Waals surface area contributed by atoms with Crippen molar-refractivity contribution in [2.75, 3.05) is 7.11 Å². The lowest BCUT2D eigenvalue weighted by molar-refractivity contribution is 0.416. The van der Waals surface area contributed by atoms with Crippen LogP contribution in [0.2, 0.25) is 0 Å². The number of pyridine rings is 1. The summed E-state index contributed by atoms with van der Waals surface area (Å²) >= 11 is 0. The highest BCUT2D eigenvalue weighted by molar-refractivity contribution is 5.94. The number of allylic oxidation sites excluding steroid dienone is 2. The summed E-state index contributed by atoms with van der Waals surface area (Å²) in [6.45, 7) is 0.654. The Bertz CT molecular complexity index is 1320. The molecule has 0 aliphatic heterocycles. The van der Waals surface area contributed by atoms with E-state index < -0.39 is 0 Å². The van der Waals surface area contributed by atoms with Gasteiger partial charge in [-0.1, -0.05) is 23.8 Å². The number of para-hydroxylation sites is 1. The van der Waals surface area contributed by atoms with E-state index in [2.05, 4.69) is 21.1 Å².